The molecule has 43 heavy (non-hydrogen) atoms. The van der Waals surface area contributed by atoms with Crippen molar-refractivity contribution in [2.24, 2.45) is 16.7 Å². The number of aromatic nitrogens is 2. The van der Waals surface area contributed by atoms with Crippen LogP contribution in [0.15, 0.2) is 21.9 Å². The van der Waals surface area contributed by atoms with Crippen molar-refractivity contribution in [3.63, 3.8) is 0 Å². The molecule has 1 aliphatic heterocycles. The third-order valence-corrected chi connectivity index (χ3v) is 10.5. The van der Waals surface area contributed by atoms with E-state index in [0.717, 1.165) is 10.6 Å². The minimum Gasteiger partial charge on any atom is -0.319 e. The van der Waals surface area contributed by atoms with Gasteiger partial charge in [-0.1, -0.05) is 72.0 Å². The second kappa shape index (κ2) is 16.3. The van der Waals surface area contributed by atoms with Gasteiger partial charge in [0, 0.05) is 46.9 Å². The van der Waals surface area contributed by atoms with Gasteiger partial charge in [-0.3, -0.25) is 37.5 Å². The Bertz CT molecular complexity index is 1200. The van der Waals surface area contributed by atoms with E-state index in [2.05, 4.69) is 4.98 Å². The summed E-state index contributed by atoms with van der Waals surface area (Å²) >= 11 is 2.46. The molecular formula is C28H46FN2O9PS2. The first-order chi connectivity index (χ1) is 19.9. The minimum absolute atomic E-state index is 0.00340. The van der Waals surface area contributed by atoms with Crippen LogP contribution in [0, 0.1) is 16.7 Å². The summed E-state index contributed by atoms with van der Waals surface area (Å²) in [6.07, 6.45) is 2.23. The van der Waals surface area contributed by atoms with Crippen LogP contribution in [0.25, 0.3) is 0 Å². The molecule has 1 aromatic heterocycles. The van der Waals surface area contributed by atoms with Gasteiger partial charge in [-0.2, -0.15) is 0 Å². The van der Waals surface area contributed by atoms with Crippen molar-refractivity contribution in [3.8, 4) is 0 Å². The first-order valence-electron chi connectivity index (χ1n) is 14.4. The van der Waals surface area contributed by atoms with Crippen LogP contribution < -0.4 is 11.2 Å². The SMILES string of the molecule is CC1CC(F)(COP(=O)(OCCCCSC(=O)C(C)(C)C)OCCCCSC(=O)C(C)(C)C)OC1n1ccc(=O)[nH]c1=O. The molecular weight excluding hydrogens is 622 g/mol. The zero-order chi connectivity index (χ0) is 32.5. The third-order valence-electron chi connectivity index (χ3n) is 6.28. The van der Waals surface area contributed by atoms with Gasteiger partial charge in [0.2, 0.25) is 5.85 Å². The quantitative estimate of drug-likeness (QED) is 0.162. The van der Waals surface area contributed by atoms with Crippen LogP contribution in [0.1, 0.15) is 86.8 Å². The molecule has 246 valence electrons. The number of H-pyrrole nitrogens is 1. The summed E-state index contributed by atoms with van der Waals surface area (Å²) in [7, 11) is -4.21. The molecule has 2 rings (SSSR count). The van der Waals surface area contributed by atoms with Gasteiger partial charge in [-0.05, 0) is 25.7 Å². The molecule has 0 radical (unpaired) electrons. The highest BCUT2D eigenvalue weighted by Gasteiger charge is 2.48. The lowest BCUT2D eigenvalue weighted by Crippen LogP contribution is -2.34. The lowest BCUT2D eigenvalue weighted by atomic mass is 9.99. The molecule has 3 atom stereocenters. The molecule has 0 amide bonds. The maximum absolute atomic E-state index is 15.7. The Kier molecular flexibility index (Phi) is 14.4. The van der Waals surface area contributed by atoms with Crippen LogP contribution in [-0.2, 0) is 32.5 Å². The molecule has 1 fully saturated rings. The molecule has 0 aliphatic carbocycles. The fraction of sp³-hybridized carbons (Fsp3) is 0.786. The van der Waals surface area contributed by atoms with Crippen molar-refractivity contribution < 1.29 is 36.9 Å². The number of rotatable bonds is 16. The van der Waals surface area contributed by atoms with Crippen molar-refractivity contribution in [1.29, 1.82) is 0 Å². The zero-order valence-corrected chi connectivity index (χ0v) is 28.7. The number of hydrogen-bond acceptors (Lipinski definition) is 11. The molecule has 1 saturated heterocycles. The first-order valence-corrected chi connectivity index (χ1v) is 17.8. The number of phosphoric ester groups is 1. The Hall–Kier alpha value is -1.28. The van der Waals surface area contributed by atoms with Gasteiger partial charge in [0.15, 0.2) is 10.2 Å². The number of unbranched alkanes of at least 4 members (excludes halogenated alkanes) is 2. The zero-order valence-electron chi connectivity index (χ0n) is 26.1. The summed E-state index contributed by atoms with van der Waals surface area (Å²) in [6, 6.07) is 1.14. The standard InChI is InChI=1S/C28H46FN2O9PS2/c1-20-18-28(29,40-22(20)31-13-12-21(32)30-25(31)35)19-39-41(36,37-14-8-10-16-42-23(33)26(2,3)4)38-15-9-11-17-43-24(34)27(5,6)7/h12-13,20,22H,8-11,14-19H2,1-7H3,(H,30,32,35). The van der Waals surface area contributed by atoms with Crippen LogP contribution in [-0.4, -0.2) is 57.0 Å². The van der Waals surface area contributed by atoms with Gasteiger partial charge in [-0.25, -0.2) is 13.8 Å². The van der Waals surface area contributed by atoms with Crippen LogP contribution in [0.5, 0.6) is 0 Å². The van der Waals surface area contributed by atoms with E-state index in [1.807, 2.05) is 41.5 Å². The maximum atomic E-state index is 15.7. The molecule has 11 nitrogen and oxygen atoms in total. The summed E-state index contributed by atoms with van der Waals surface area (Å²) < 4.78 is 52.3. The number of halogens is 1. The van der Waals surface area contributed by atoms with Crippen molar-refractivity contribution in [2.45, 2.75) is 92.7 Å². The van der Waals surface area contributed by atoms with Gasteiger partial charge in [0.1, 0.15) is 12.8 Å². The van der Waals surface area contributed by atoms with Gasteiger partial charge in [-0.15, -0.1) is 0 Å². The Morgan fingerprint density at radius 2 is 1.51 bits per heavy atom. The van der Waals surface area contributed by atoms with Crippen LogP contribution in [0.2, 0.25) is 0 Å². The van der Waals surface area contributed by atoms with Crippen molar-refractivity contribution >= 4 is 41.6 Å². The number of ether oxygens (including phenoxy) is 1. The number of nitrogens with one attached hydrogen (secondary N) is 1. The van der Waals surface area contributed by atoms with Crippen LogP contribution >= 0.6 is 31.3 Å². The number of thioether (sulfide) groups is 2. The predicted molar refractivity (Wildman–Crippen MR) is 167 cm³/mol. The molecule has 0 bridgehead atoms. The van der Waals surface area contributed by atoms with Gasteiger partial charge in [0.05, 0.1) is 13.2 Å². The Morgan fingerprint density at radius 3 is 1.98 bits per heavy atom. The Balaban J connectivity index is 1.95. The monoisotopic (exact) mass is 668 g/mol. The van der Waals surface area contributed by atoms with E-state index in [1.165, 1.54) is 29.7 Å². The minimum atomic E-state index is -4.21. The molecule has 1 aromatic rings. The Morgan fingerprint density at radius 1 is 1.00 bits per heavy atom. The van der Waals surface area contributed by atoms with Crippen LogP contribution in [0.4, 0.5) is 4.39 Å². The average Bonchev–Trinajstić information content (AvgIpc) is 3.19. The molecule has 0 saturated carbocycles. The molecule has 0 aromatic carbocycles. The second-order valence-electron chi connectivity index (χ2n) is 12.7. The van der Waals surface area contributed by atoms with E-state index < -0.39 is 54.5 Å². The number of carbonyl (C=O) groups excluding carboxylic acids is 2. The number of hydrogen-bond donors (Lipinski definition) is 1. The van der Waals surface area contributed by atoms with Crippen LogP contribution in [0.3, 0.4) is 0 Å². The van der Waals surface area contributed by atoms with Gasteiger partial charge >= 0.3 is 13.5 Å². The van der Waals surface area contributed by atoms with E-state index in [9.17, 15) is 23.7 Å². The van der Waals surface area contributed by atoms with Crippen molar-refractivity contribution in [3.05, 3.63) is 33.1 Å². The molecule has 15 heteroatoms. The van der Waals surface area contributed by atoms with E-state index in [0.29, 0.717) is 37.2 Å². The topological polar surface area (TPSA) is 143 Å². The first kappa shape index (κ1) is 37.9. The highest BCUT2D eigenvalue weighted by atomic mass is 32.2. The highest BCUT2D eigenvalue weighted by molar-refractivity contribution is 8.14. The molecule has 1 N–H and O–H groups in total. The lowest BCUT2D eigenvalue weighted by Gasteiger charge is -2.24. The summed E-state index contributed by atoms with van der Waals surface area (Å²) in [5.74, 6) is -1.72. The summed E-state index contributed by atoms with van der Waals surface area (Å²) in [5.41, 5.74) is -2.21. The highest BCUT2D eigenvalue weighted by Crippen LogP contribution is 2.52. The summed E-state index contributed by atoms with van der Waals surface area (Å²) in [5, 5.41) is 0.157. The number of phosphoric acid groups is 1. The molecule has 2 heterocycles. The van der Waals surface area contributed by atoms with Crippen molar-refractivity contribution in [1.82, 2.24) is 9.55 Å². The normalized spacial score (nSPS) is 21.3. The number of aromatic amines is 1. The lowest BCUT2D eigenvalue weighted by molar-refractivity contribution is -0.177. The fourth-order valence-corrected chi connectivity index (χ4v) is 7.04. The summed E-state index contributed by atoms with van der Waals surface area (Å²) in [4.78, 5) is 49.9. The largest absolute Gasteiger partial charge is 0.474 e. The third kappa shape index (κ3) is 12.9. The van der Waals surface area contributed by atoms with E-state index in [4.69, 9.17) is 18.3 Å². The smallest absolute Gasteiger partial charge is 0.319 e. The fourth-order valence-electron chi connectivity index (χ4n) is 3.82. The van der Waals surface area contributed by atoms with E-state index in [-0.39, 0.29) is 29.9 Å². The molecule has 0 spiro atoms. The number of carbonyl (C=O) groups is 2. The molecule has 3 unspecified atom stereocenters. The number of nitrogens with zero attached hydrogens (tertiary/aromatic N) is 1. The maximum Gasteiger partial charge on any atom is 0.474 e. The van der Waals surface area contributed by atoms with E-state index >= 15 is 4.39 Å². The second-order valence-corrected chi connectivity index (χ2v) is 16.5. The Labute approximate surface area is 261 Å². The van der Waals surface area contributed by atoms with E-state index in [1.54, 1.807) is 6.92 Å². The van der Waals surface area contributed by atoms with Gasteiger partial charge < -0.3 is 4.74 Å². The van der Waals surface area contributed by atoms with Crippen molar-refractivity contribution in [2.75, 3.05) is 31.3 Å². The average molecular weight is 669 g/mol. The predicted octanol–water partition coefficient (Wildman–Crippen LogP) is 6.09. The number of alkyl halides is 1. The summed E-state index contributed by atoms with van der Waals surface area (Å²) in [6.45, 7) is 12.0. The van der Waals surface area contributed by atoms with Gasteiger partial charge in [0.25, 0.3) is 5.56 Å². The molecule has 1 aliphatic rings.